The number of esters is 1. The van der Waals surface area contributed by atoms with Crippen molar-refractivity contribution in [3.8, 4) is 0 Å². The van der Waals surface area contributed by atoms with Crippen LogP contribution in [-0.4, -0.2) is 82.3 Å². The van der Waals surface area contributed by atoms with Gasteiger partial charge in [0.25, 0.3) is 0 Å². The average Bonchev–Trinajstić information content (AvgIpc) is 3.60. The van der Waals surface area contributed by atoms with Crippen LogP contribution in [0.1, 0.15) is 57.9 Å². The number of fused-ring (bicyclic) bond motifs is 1. The van der Waals surface area contributed by atoms with E-state index in [1.54, 1.807) is 22.0 Å². The van der Waals surface area contributed by atoms with Crippen molar-refractivity contribution in [1.29, 1.82) is 0 Å². The van der Waals surface area contributed by atoms with E-state index in [4.69, 9.17) is 9.47 Å². The number of carbonyl (C=O) groups excluding carboxylic acids is 3. The number of rotatable bonds is 15. The first-order chi connectivity index (χ1) is 19.3. The lowest BCUT2D eigenvalue weighted by molar-refractivity contribution is -0.157. The smallest absolute Gasteiger partial charge is 0.312 e. The van der Waals surface area contributed by atoms with Crippen LogP contribution in [0.25, 0.3) is 0 Å². The van der Waals surface area contributed by atoms with E-state index in [1.807, 2.05) is 37.3 Å². The quantitative estimate of drug-likeness (QED) is 0.203. The van der Waals surface area contributed by atoms with E-state index in [1.165, 1.54) is 0 Å². The van der Waals surface area contributed by atoms with Crippen LogP contribution in [0.15, 0.2) is 55.6 Å². The summed E-state index contributed by atoms with van der Waals surface area (Å²) in [6.45, 7) is 11.9. The number of unbranched alkanes of at least 4 members (excludes halogenated alkanes) is 1. The highest BCUT2D eigenvalue weighted by molar-refractivity contribution is 5.98. The Morgan fingerprint density at radius 2 is 2.02 bits per heavy atom. The molecule has 8 nitrogen and oxygen atoms in total. The third-order valence-electron chi connectivity index (χ3n) is 8.81. The number of carbonyl (C=O) groups is 3. The van der Waals surface area contributed by atoms with Crippen LogP contribution in [0.3, 0.4) is 0 Å². The molecule has 0 aromatic heterocycles. The van der Waals surface area contributed by atoms with E-state index in [9.17, 15) is 19.5 Å². The van der Waals surface area contributed by atoms with Crippen molar-refractivity contribution in [3.63, 3.8) is 0 Å². The van der Waals surface area contributed by atoms with Gasteiger partial charge >= 0.3 is 5.97 Å². The Morgan fingerprint density at radius 1 is 1.27 bits per heavy atom. The van der Waals surface area contributed by atoms with Crippen LogP contribution in [0.2, 0.25) is 0 Å². The van der Waals surface area contributed by atoms with E-state index >= 15 is 0 Å². The number of benzene rings is 1. The Labute approximate surface area is 238 Å². The van der Waals surface area contributed by atoms with Crippen LogP contribution < -0.4 is 0 Å². The molecule has 3 aliphatic rings. The van der Waals surface area contributed by atoms with Gasteiger partial charge in [0.2, 0.25) is 11.8 Å². The van der Waals surface area contributed by atoms with Crippen molar-refractivity contribution in [3.05, 3.63) is 61.2 Å². The van der Waals surface area contributed by atoms with E-state index in [0.29, 0.717) is 32.2 Å². The summed E-state index contributed by atoms with van der Waals surface area (Å²) in [5, 5.41) is 10.6. The minimum Gasteiger partial charge on any atom is -0.465 e. The molecule has 4 rings (SSSR count). The molecule has 3 unspecified atom stereocenters. The van der Waals surface area contributed by atoms with Gasteiger partial charge < -0.3 is 24.4 Å². The molecular formula is C32H44N2O6. The SMILES string of the molecule is C=CCCCOC(=O)[C@@H]1[C@H]2C(=O)N([C@@H](CO)Cc3ccccc3)C(C(=O)N(CC=C)C(C)CCC)C23CC[C@H]1O3. The van der Waals surface area contributed by atoms with E-state index < -0.39 is 41.6 Å². The first-order valence-electron chi connectivity index (χ1n) is 14.7. The van der Waals surface area contributed by atoms with Crippen LogP contribution >= 0.6 is 0 Å². The largest absolute Gasteiger partial charge is 0.465 e. The standard InChI is InChI=1S/C32H44N2O6/c1-5-8-12-19-39-31(38)26-25-16-17-32(40-25)27(26)29(36)34(24(21-35)20-23-14-10-9-11-15-23)28(32)30(37)33(18-7-3)22(4)13-6-2/h5,7,9-11,14-15,22,24-28,35H,1,3,6,8,12-13,16-21H2,2,4H3/t22?,24-,25-,26+,27+,28?,32?/m1/s1. The van der Waals surface area contributed by atoms with Gasteiger partial charge in [-0.15, -0.1) is 13.2 Å². The van der Waals surface area contributed by atoms with Crippen molar-refractivity contribution in [2.45, 2.75) is 88.6 Å². The predicted octanol–water partition coefficient (Wildman–Crippen LogP) is 3.68. The molecule has 8 heteroatoms. The normalized spacial score (nSPS) is 28.2. The summed E-state index contributed by atoms with van der Waals surface area (Å²) in [5.41, 5.74) is -0.195. The molecule has 0 saturated carbocycles. The minimum absolute atomic E-state index is 0.0752. The second-order valence-electron chi connectivity index (χ2n) is 11.3. The van der Waals surface area contributed by atoms with Gasteiger partial charge in [0, 0.05) is 12.6 Å². The molecule has 3 fully saturated rings. The number of allylic oxidation sites excluding steroid dienone is 1. The molecule has 0 radical (unpaired) electrons. The summed E-state index contributed by atoms with van der Waals surface area (Å²) in [5.74, 6) is -2.59. The second kappa shape index (κ2) is 13.1. The lowest BCUT2D eigenvalue weighted by Crippen LogP contribution is -2.60. The number of hydrogen-bond donors (Lipinski definition) is 1. The van der Waals surface area contributed by atoms with Crippen LogP contribution in [0, 0.1) is 11.8 Å². The molecule has 0 aliphatic carbocycles. The summed E-state index contributed by atoms with van der Waals surface area (Å²) in [4.78, 5) is 45.6. The number of aliphatic hydroxyl groups is 1. The number of nitrogens with zero attached hydrogens (tertiary/aromatic N) is 2. The molecule has 3 saturated heterocycles. The minimum atomic E-state index is -1.14. The van der Waals surface area contributed by atoms with Gasteiger partial charge in [-0.2, -0.15) is 0 Å². The molecule has 1 N–H and O–H groups in total. The van der Waals surface area contributed by atoms with Crippen molar-refractivity contribution in [1.82, 2.24) is 9.80 Å². The predicted molar refractivity (Wildman–Crippen MR) is 152 cm³/mol. The number of ether oxygens (including phenoxy) is 2. The second-order valence-corrected chi connectivity index (χ2v) is 11.3. The first kappa shape index (κ1) is 30.0. The molecular weight excluding hydrogens is 508 g/mol. The average molecular weight is 553 g/mol. The maximum absolute atomic E-state index is 14.5. The third kappa shape index (κ3) is 5.48. The van der Waals surface area contributed by atoms with Gasteiger partial charge in [0.1, 0.15) is 11.6 Å². The molecule has 2 amide bonds. The van der Waals surface area contributed by atoms with Gasteiger partial charge in [0.15, 0.2) is 0 Å². The molecule has 1 spiro atoms. The molecule has 2 bridgehead atoms. The van der Waals surface area contributed by atoms with Gasteiger partial charge in [0.05, 0.1) is 37.2 Å². The van der Waals surface area contributed by atoms with Crippen molar-refractivity contribution < 1.29 is 29.0 Å². The fraction of sp³-hybridized carbons (Fsp3) is 0.594. The maximum Gasteiger partial charge on any atom is 0.312 e. The van der Waals surface area contributed by atoms with Gasteiger partial charge in [-0.25, -0.2) is 0 Å². The topological polar surface area (TPSA) is 96.4 Å². The highest BCUT2D eigenvalue weighted by Crippen LogP contribution is 2.59. The van der Waals surface area contributed by atoms with Crippen molar-refractivity contribution in [2.75, 3.05) is 19.8 Å². The maximum atomic E-state index is 14.5. The summed E-state index contributed by atoms with van der Waals surface area (Å²) in [6.07, 6.45) is 7.52. The third-order valence-corrected chi connectivity index (χ3v) is 8.81. The number of hydrogen-bond acceptors (Lipinski definition) is 6. The lowest BCUT2D eigenvalue weighted by atomic mass is 9.70. The molecule has 218 valence electrons. The van der Waals surface area contributed by atoms with Crippen molar-refractivity contribution >= 4 is 17.8 Å². The number of amides is 2. The molecule has 7 atom stereocenters. The van der Waals surface area contributed by atoms with E-state index in [-0.39, 0.29) is 31.1 Å². The molecule has 1 aromatic rings. The van der Waals surface area contributed by atoms with Crippen LogP contribution in [-0.2, 0) is 30.3 Å². The monoisotopic (exact) mass is 552 g/mol. The van der Waals surface area contributed by atoms with Crippen molar-refractivity contribution in [2.24, 2.45) is 11.8 Å². The first-order valence-corrected chi connectivity index (χ1v) is 14.7. The van der Waals surface area contributed by atoms with E-state index in [2.05, 4.69) is 20.1 Å². The molecule has 3 heterocycles. The molecule has 3 aliphatic heterocycles. The fourth-order valence-corrected chi connectivity index (χ4v) is 7.02. The van der Waals surface area contributed by atoms with E-state index in [0.717, 1.165) is 24.8 Å². The van der Waals surface area contributed by atoms with Crippen LogP contribution in [0.5, 0.6) is 0 Å². The Morgan fingerprint density at radius 3 is 2.67 bits per heavy atom. The highest BCUT2D eigenvalue weighted by Gasteiger charge is 2.75. The zero-order valence-corrected chi connectivity index (χ0v) is 23.9. The number of aliphatic hydroxyl groups excluding tert-OH is 1. The highest BCUT2D eigenvalue weighted by atomic mass is 16.6. The fourth-order valence-electron chi connectivity index (χ4n) is 7.02. The summed E-state index contributed by atoms with van der Waals surface area (Å²) in [6, 6.07) is 7.94. The Balaban J connectivity index is 1.73. The zero-order valence-electron chi connectivity index (χ0n) is 23.9. The summed E-state index contributed by atoms with van der Waals surface area (Å²) in [7, 11) is 0. The zero-order chi connectivity index (χ0) is 28.9. The molecule has 1 aromatic carbocycles. The van der Waals surface area contributed by atoms with Gasteiger partial charge in [-0.05, 0) is 51.0 Å². The van der Waals surface area contributed by atoms with Gasteiger partial charge in [-0.3, -0.25) is 14.4 Å². The summed E-state index contributed by atoms with van der Waals surface area (Å²) < 4.78 is 12.2. The van der Waals surface area contributed by atoms with Crippen LogP contribution in [0.4, 0.5) is 0 Å². The molecule has 40 heavy (non-hydrogen) atoms. The Hall–Kier alpha value is -2.97. The number of likely N-dealkylation sites (tertiary alicyclic amines) is 1. The summed E-state index contributed by atoms with van der Waals surface area (Å²) >= 11 is 0. The van der Waals surface area contributed by atoms with Gasteiger partial charge in [-0.1, -0.05) is 55.8 Å². The lowest BCUT2D eigenvalue weighted by Gasteiger charge is -2.41. The Kier molecular flexibility index (Phi) is 9.85. The Bertz CT molecular complexity index is 1080.